The lowest BCUT2D eigenvalue weighted by atomic mass is 9.85. The number of amides is 2. The molecule has 0 unspecified atom stereocenters. The van der Waals surface area contributed by atoms with Gasteiger partial charge in [-0.25, -0.2) is 4.79 Å². The standard InChI is InChI=1S/C20H30N4O3/c1-13-17(5-4-6-18(13)23(2)3)22-20(27)21-15-9-16(10-15)24(12-19(25)26)11-14-7-8-14/h4-6,14-16H,7-12H2,1-3H3,(H,25,26)(H2,21,22,27). The summed E-state index contributed by atoms with van der Waals surface area (Å²) < 4.78 is 0. The number of benzene rings is 1. The third kappa shape index (κ3) is 5.13. The maximum Gasteiger partial charge on any atom is 0.319 e. The number of aliphatic carboxylic acids is 1. The average molecular weight is 374 g/mol. The monoisotopic (exact) mass is 374 g/mol. The van der Waals surface area contributed by atoms with Crippen molar-refractivity contribution in [1.29, 1.82) is 0 Å². The number of rotatable bonds is 8. The zero-order chi connectivity index (χ0) is 19.6. The van der Waals surface area contributed by atoms with Crippen molar-refractivity contribution >= 4 is 23.4 Å². The number of hydrogen-bond acceptors (Lipinski definition) is 4. The second kappa shape index (κ2) is 8.17. The van der Waals surface area contributed by atoms with Crippen LogP contribution in [0.5, 0.6) is 0 Å². The van der Waals surface area contributed by atoms with Crippen LogP contribution in [0, 0.1) is 12.8 Å². The first-order chi connectivity index (χ1) is 12.8. The van der Waals surface area contributed by atoms with Gasteiger partial charge < -0.3 is 20.6 Å². The summed E-state index contributed by atoms with van der Waals surface area (Å²) in [5.74, 6) is -0.118. The number of hydrogen-bond donors (Lipinski definition) is 3. The highest BCUT2D eigenvalue weighted by Gasteiger charge is 2.37. The van der Waals surface area contributed by atoms with Gasteiger partial charge in [0.2, 0.25) is 0 Å². The van der Waals surface area contributed by atoms with E-state index in [9.17, 15) is 9.59 Å². The Kier molecular flexibility index (Phi) is 5.89. The first-order valence-corrected chi connectivity index (χ1v) is 9.63. The van der Waals surface area contributed by atoms with Crippen molar-refractivity contribution in [2.45, 2.75) is 44.7 Å². The SMILES string of the molecule is Cc1c(NC(=O)NC2CC(N(CC(=O)O)CC3CC3)C2)cccc1N(C)C. The smallest absolute Gasteiger partial charge is 0.319 e. The van der Waals surface area contributed by atoms with Crippen LogP contribution in [0.2, 0.25) is 0 Å². The Labute approximate surface area is 160 Å². The number of carbonyl (C=O) groups is 2. The molecule has 0 aliphatic heterocycles. The van der Waals surface area contributed by atoms with E-state index in [2.05, 4.69) is 15.5 Å². The maximum absolute atomic E-state index is 12.3. The second-order valence-corrected chi connectivity index (χ2v) is 8.03. The number of nitrogens with zero attached hydrogens (tertiary/aromatic N) is 2. The maximum atomic E-state index is 12.3. The van der Waals surface area contributed by atoms with Crippen LogP contribution in [0.25, 0.3) is 0 Å². The Morgan fingerprint density at radius 1 is 1.22 bits per heavy atom. The van der Waals surface area contributed by atoms with Crippen molar-refractivity contribution in [3.63, 3.8) is 0 Å². The number of carboxylic acid groups (broad SMARTS) is 1. The lowest BCUT2D eigenvalue weighted by molar-refractivity contribution is -0.139. The molecule has 1 aromatic carbocycles. The number of anilines is 2. The molecule has 7 nitrogen and oxygen atoms in total. The number of nitrogens with one attached hydrogen (secondary N) is 2. The van der Waals surface area contributed by atoms with Gasteiger partial charge in [-0.15, -0.1) is 0 Å². The minimum Gasteiger partial charge on any atom is -0.480 e. The van der Waals surface area contributed by atoms with Crippen molar-refractivity contribution < 1.29 is 14.7 Å². The van der Waals surface area contributed by atoms with E-state index in [1.165, 1.54) is 12.8 Å². The Morgan fingerprint density at radius 3 is 2.52 bits per heavy atom. The van der Waals surface area contributed by atoms with Crippen LogP contribution in [-0.4, -0.2) is 61.3 Å². The molecule has 2 saturated carbocycles. The highest BCUT2D eigenvalue weighted by molar-refractivity contribution is 5.91. The van der Waals surface area contributed by atoms with E-state index < -0.39 is 5.97 Å². The Hall–Kier alpha value is -2.28. The second-order valence-electron chi connectivity index (χ2n) is 8.03. The molecule has 2 aliphatic rings. The van der Waals surface area contributed by atoms with Gasteiger partial charge in [-0.3, -0.25) is 9.69 Å². The van der Waals surface area contributed by atoms with E-state index in [4.69, 9.17) is 5.11 Å². The summed E-state index contributed by atoms with van der Waals surface area (Å²) in [6.45, 7) is 2.95. The molecule has 2 fully saturated rings. The van der Waals surface area contributed by atoms with E-state index in [1.807, 2.05) is 44.1 Å². The predicted octanol–water partition coefficient (Wildman–Crippen LogP) is 2.51. The van der Waals surface area contributed by atoms with Crippen molar-refractivity contribution in [2.24, 2.45) is 5.92 Å². The summed E-state index contributed by atoms with van der Waals surface area (Å²) in [6.07, 6.45) is 4.03. The van der Waals surface area contributed by atoms with Crippen LogP contribution in [0.1, 0.15) is 31.2 Å². The van der Waals surface area contributed by atoms with Gasteiger partial charge in [-0.1, -0.05) is 6.07 Å². The fraction of sp³-hybridized carbons (Fsp3) is 0.600. The van der Waals surface area contributed by atoms with Crippen LogP contribution in [0.4, 0.5) is 16.2 Å². The van der Waals surface area contributed by atoms with E-state index in [-0.39, 0.29) is 24.7 Å². The fourth-order valence-corrected chi connectivity index (χ4v) is 3.74. The molecule has 27 heavy (non-hydrogen) atoms. The molecule has 0 spiro atoms. The molecule has 2 aliphatic carbocycles. The van der Waals surface area contributed by atoms with Crippen molar-refractivity contribution in [2.75, 3.05) is 37.4 Å². The first-order valence-electron chi connectivity index (χ1n) is 9.63. The number of carboxylic acids is 1. The zero-order valence-electron chi connectivity index (χ0n) is 16.4. The van der Waals surface area contributed by atoms with Crippen molar-refractivity contribution in [3.8, 4) is 0 Å². The molecule has 0 saturated heterocycles. The van der Waals surface area contributed by atoms with Gasteiger partial charge >= 0.3 is 12.0 Å². The largest absolute Gasteiger partial charge is 0.480 e. The molecule has 0 aromatic heterocycles. The normalized spacial score (nSPS) is 21.5. The van der Waals surface area contributed by atoms with Crippen molar-refractivity contribution in [3.05, 3.63) is 23.8 Å². The van der Waals surface area contributed by atoms with Gasteiger partial charge in [0.15, 0.2) is 0 Å². The van der Waals surface area contributed by atoms with Gasteiger partial charge in [-0.2, -0.15) is 0 Å². The molecular formula is C20H30N4O3. The Bertz CT molecular complexity index is 696. The summed E-state index contributed by atoms with van der Waals surface area (Å²) in [7, 11) is 3.95. The molecule has 0 radical (unpaired) electrons. The van der Waals surface area contributed by atoms with Crippen LogP contribution < -0.4 is 15.5 Å². The number of urea groups is 1. The minimum atomic E-state index is -0.777. The molecule has 148 valence electrons. The van der Waals surface area contributed by atoms with Crippen LogP contribution in [-0.2, 0) is 4.79 Å². The molecule has 0 atom stereocenters. The van der Waals surface area contributed by atoms with E-state index in [0.29, 0.717) is 5.92 Å². The molecule has 1 aromatic rings. The quantitative estimate of drug-likeness (QED) is 0.651. The first kappa shape index (κ1) is 19.5. The highest BCUT2D eigenvalue weighted by atomic mass is 16.4. The average Bonchev–Trinajstić information content (AvgIpc) is 3.35. The fourth-order valence-electron chi connectivity index (χ4n) is 3.74. The Morgan fingerprint density at radius 2 is 1.93 bits per heavy atom. The van der Waals surface area contributed by atoms with E-state index in [0.717, 1.165) is 36.3 Å². The lowest BCUT2D eigenvalue weighted by Gasteiger charge is -2.42. The summed E-state index contributed by atoms with van der Waals surface area (Å²) in [5.41, 5.74) is 2.90. The molecule has 3 N–H and O–H groups in total. The van der Waals surface area contributed by atoms with Crippen LogP contribution in [0.3, 0.4) is 0 Å². The third-order valence-electron chi connectivity index (χ3n) is 5.53. The topological polar surface area (TPSA) is 84.9 Å². The van der Waals surface area contributed by atoms with Gasteiger partial charge in [0, 0.05) is 44.1 Å². The zero-order valence-corrected chi connectivity index (χ0v) is 16.4. The molecule has 2 amide bonds. The summed E-state index contributed by atoms with van der Waals surface area (Å²) in [4.78, 5) is 27.5. The summed E-state index contributed by atoms with van der Waals surface area (Å²) in [6, 6.07) is 6.00. The Balaban J connectivity index is 1.48. The van der Waals surface area contributed by atoms with E-state index >= 15 is 0 Å². The van der Waals surface area contributed by atoms with Gasteiger partial charge in [0.1, 0.15) is 0 Å². The predicted molar refractivity (Wildman–Crippen MR) is 106 cm³/mol. The summed E-state index contributed by atoms with van der Waals surface area (Å²) in [5, 5.41) is 15.1. The van der Waals surface area contributed by atoms with Gasteiger partial charge in [-0.05, 0) is 56.2 Å². The van der Waals surface area contributed by atoms with E-state index in [1.54, 1.807) is 0 Å². The van der Waals surface area contributed by atoms with Gasteiger partial charge in [0.05, 0.1) is 6.54 Å². The molecule has 7 heteroatoms. The van der Waals surface area contributed by atoms with Crippen LogP contribution in [0.15, 0.2) is 18.2 Å². The lowest BCUT2D eigenvalue weighted by Crippen LogP contribution is -2.55. The number of carbonyl (C=O) groups excluding carboxylic acids is 1. The molecule has 3 rings (SSSR count). The summed E-state index contributed by atoms with van der Waals surface area (Å²) >= 11 is 0. The molecular weight excluding hydrogens is 344 g/mol. The van der Waals surface area contributed by atoms with Crippen LogP contribution >= 0.6 is 0 Å². The van der Waals surface area contributed by atoms with Crippen molar-refractivity contribution in [1.82, 2.24) is 10.2 Å². The molecule has 0 bridgehead atoms. The third-order valence-corrected chi connectivity index (χ3v) is 5.53. The minimum absolute atomic E-state index is 0.0939. The molecule has 0 heterocycles. The highest BCUT2D eigenvalue weighted by Crippen LogP contribution is 2.34. The van der Waals surface area contributed by atoms with Gasteiger partial charge in [0.25, 0.3) is 0 Å².